The largest absolute Gasteiger partial charge is 0.445 e. The van der Waals surface area contributed by atoms with Crippen LogP contribution in [0.5, 0.6) is 0 Å². The standard InChI is InChI=1S/C29H32N2O5/c1-3-15-35-26(33)30-19-28(17-23-11-7-5-8-12-23)21-31(27(34)36-16-4-2)22-29(20-30,25(28)32)18-24-13-9-6-10-14-24/h3-14H,1-2,15-22H2. The average Bonchev–Trinajstić information content (AvgIpc) is 2.88. The lowest BCUT2D eigenvalue weighted by atomic mass is 9.59. The molecule has 7 nitrogen and oxygen atoms in total. The molecular formula is C29H32N2O5. The Kier molecular flexibility index (Phi) is 7.58. The van der Waals surface area contributed by atoms with E-state index < -0.39 is 23.0 Å². The second-order valence-electron chi connectivity index (χ2n) is 9.66. The van der Waals surface area contributed by atoms with Crippen LogP contribution in [0.3, 0.4) is 0 Å². The van der Waals surface area contributed by atoms with Crippen molar-refractivity contribution in [3.63, 3.8) is 0 Å². The molecule has 2 saturated heterocycles. The van der Waals surface area contributed by atoms with Crippen molar-refractivity contribution < 1.29 is 23.9 Å². The van der Waals surface area contributed by atoms with E-state index >= 15 is 0 Å². The van der Waals surface area contributed by atoms with E-state index in [2.05, 4.69) is 13.2 Å². The molecule has 4 rings (SSSR count). The van der Waals surface area contributed by atoms with E-state index in [1.54, 1.807) is 9.80 Å². The summed E-state index contributed by atoms with van der Waals surface area (Å²) in [6, 6.07) is 19.4. The number of carbonyl (C=O) groups is 3. The van der Waals surface area contributed by atoms with Gasteiger partial charge in [-0.25, -0.2) is 9.59 Å². The summed E-state index contributed by atoms with van der Waals surface area (Å²) in [6.07, 6.45) is 2.84. The number of ketones is 1. The molecule has 2 fully saturated rings. The molecule has 2 aliphatic heterocycles. The van der Waals surface area contributed by atoms with Gasteiger partial charge in [0.05, 0.1) is 10.8 Å². The predicted octanol–water partition coefficient (Wildman–Crippen LogP) is 4.29. The summed E-state index contributed by atoms with van der Waals surface area (Å²) in [4.78, 5) is 43.8. The van der Waals surface area contributed by atoms with Gasteiger partial charge in [0.15, 0.2) is 5.78 Å². The number of hydrogen-bond donors (Lipinski definition) is 0. The molecule has 0 aromatic heterocycles. The normalized spacial score (nSPS) is 23.1. The molecule has 2 aliphatic rings. The zero-order valence-electron chi connectivity index (χ0n) is 20.4. The summed E-state index contributed by atoms with van der Waals surface area (Å²) < 4.78 is 10.8. The van der Waals surface area contributed by atoms with Crippen molar-refractivity contribution in [1.82, 2.24) is 9.80 Å². The summed E-state index contributed by atoms with van der Waals surface area (Å²) in [5.41, 5.74) is -0.0933. The lowest BCUT2D eigenvalue weighted by Gasteiger charge is -2.56. The number of fused-ring (bicyclic) bond motifs is 2. The van der Waals surface area contributed by atoms with Gasteiger partial charge in [-0.15, -0.1) is 0 Å². The maximum absolute atomic E-state index is 14.4. The van der Waals surface area contributed by atoms with Crippen molar-refractivity contribution in [3.8, 4) is 0 Å². The number of amides is 2. The van der Waals surface area contributed by atoms with Gasteiger partial charge >= 0.3 is 12.2 Å². The number of piperidine rings is 2. The second kappa shape index (κ2) is 10.8. The van der Waals surface area contributed by atoms with E-state index in [1.807, 2.05) is 60.7 Å². The number of nitrogens with zero attached hydrogens (tertiary/aromatic N) is 2. The van der Waals surface area contributed by atoms with Crippen molar-refractivity contribution in [1.29, 1.82) is 0 Å². The maximum Gasteiger partial charge on any atom is 0.410 e. The second-order valence-corrected chi connectivity index (χ2v) is 9.66. The molecule has 2 aromatic rings. The van der Waals surface area contributed by atoms with E-state index in [4.69, 9.17) is 9.47 Å². The van der Waals surface area contributed by atoms with Crippen LogP contribution in [0.4, 0.5) is 9.59 Å². The zero-order valence-corrected chi connectivity index (χ0v) is 20.4. The molecule has 2 bridgehead atoms. The third-order valence-electron chi connectivity index (χ3n) is 6.87. The molecule has 0 aliphatic carbocycles. The highest BCUT2D eigenvalue weighted by Gasteiger charge is 2.61. The van der Waals surface area contributed by atoms with E-state index in [-0.39, 0.29) is 45.2 Å². The molecule has 7 heteroatoms. The third kappa shape index (κ3) is 5.20. The topological polar surface area (TPSA) is 76.2 Å². The average molecular weight is 489 g/mol. The van der Waals surface area contributed by atoms with E-state index in [0.717, 1.165) is 11.1 Å². The Balaban J connectivity index is 1.78. The van der Waals surface area contributed by atoms with Crippen LogP contribution in [0, 0.1) is 10.8 Å². The first kappa shape index (κ1) is 25.2. The highest BCUT2D eigenvalue weighted by Crippen LogP contribution is 2.46. The fraction of sp³-hybridized carbons (Fsp3) is 0.345. The summed E-state index contributed by atoms with van der Waals surface area (Å²) in [5, 5.41) is 0. The Labute approximate surface area is 212 Å². The summed E-state index contributed by atoms with van der Waals surface area (Å²) in [5.74, 6) is 0.0725. The van der Waals surface area contributed by atoms with Gasteiger partial charge in [0, 0.05) is 26.2 Å². The third-order valence-corrected chi connectivity index (χ3v) is 6.87. The van der Waals surface area contributed by atoms with Gasteiger partial charge in [0.2, 0.25) is 0 Å². The summed E-state index contributed by atoms with van der Waals surface area (Å²) >= 11 is 0. The molecule has 2 heterocycles. The first-order valence-electron chi connectivity index (χ1n) is 12.1. The van der Waals surface area contributed by atoms with Crippen molar-refractivity contribution in [2.24, 2.45) is 10.8 Å². The first-order valence-corrected chi connectivity index (χ1v) is 12.1. The molecule has 188 valence electrons. The SMILES string of the molecule is C=CCOC(=O)N1CC2(Cc3ccccc3)CN(C(=O)OCC=C)CC(Cc3ccccc3)(C1)C2=O. The number of carbonyl (C=O) groups excluding carboxylic acids is 3. The van der Waals surface area contributed by atoms with E-state index in [9.17, 15) is 14.4 Å². The molecule has 36 heavy (non-hydrogen) atoms. The van der Waals surface area contributed by atoms with Crippen LogP contribution in [-0.4, -0.2) is 67.2 Å². The lowest BCUT2D eigenvalue weighted by molar-refractivity contribution is -0.158. The van der Waals surface area contributed by atoms with Gasteiger partial charge in [-0.3, -0.25) is 4.79 Å². The minimum Gasteiger partial charge on any atom is -0.445 e. The molecule has 0 N–H and O–H groups in total. The van der Waals surface area contributed by atoms with Crippen molar-refractivity contribution >= 4 is 18.0 Å². The van der Waals surface area contributed by atoms with Crippen LogP contribution >= 0.6 is 0 Å². The van der Waals surface area contributed by atoms with Gasteiger partial charge in [-0.2, -0.15) is 0 Å². The van der Waals surface area contributed by atoms with Crippen molar-refractivity contribution in [3.05, 3.63) is 97.1 Å². The fourth-order valence-corrected chi connectivity index (χ4v) is 5.58. The van der Waals surface area contributed by atoms with Crippen LogP contribution in [-0.2, 0) is 27.1 Å². The monoisotopic (exact) mass is 488 g/mol. The molecule has 2 amide bonds. The van der Waals surface area contributed by atoms with Crippen LogP contribution in [0.1, 0.15) is 11.1 Å². The Morgan fingerprint density at radius 2 is 1.08 bits per heavy atom. The number of hydrogen-bond acceptors (Lipinski definition) is 5. The maximum atomic E-state index is 14.4. The first-order chi connectivity index (χ1) is 17.4. The molecule has 0 unspecified atom stereocenters. The Morgan fingerprint density at radius 1 is 0.722 bits per heavy atom. The Bertz CT molecular complexity index is 1020. The number of benzene rings is 2. The number of ether oxygens (including phenoxy) is 2. The molecule has 0 saturated carbocycles. The Morgan fingerprint density at radius 3 is 1.42 bits per heavy atom. The van der Waals surface area contributed by atoms with Gasteiger partial charge in [0.25, 0.3) is 0 Å². The quantitative estimate of drug-likeness (QED) is 0.518. The smallest absolute Gasteiger partial charge is 0.410 e. The summed E-state index contributed by atoms with van der Waals surface area (Å²) in [6.45, 7) is 8.02. The minimum atomic E-state index is -1.01. The molecule has 0 atom stereocenters. The van der Waals surface area contributed by atoms with Crippen LogP contribution in [0.25, 0.3) is 0 Å². The van der Waals surface area contributed by atoms with Gasteiger partial charge in [0.1, 0.15) is 13.2 Å². The van der Waals surface area contributed by atoms with Crippen molar-refractivity contribution in [2.45, 2.75) is 12.8 Å². The zero-order chi connectivity index (χ0) is 25.6. The fourth-order valence-electron chi connectivity index (χ4n) is 5.58. The van der Waals surface area contributed by atoms with Crippen LogP contribution in [0.2, 0.25) is 0 Å². The van der Waals surface area contributed by atoms with E-state index in [0.29, 0.717) is 12.8 Å². The summed E-state index contributed by atoms with van der Waals surface area (Å²) in [7, 11) is 0. The van der Waals surface area contributed by atoms with Gasteiger partial charge < -0.3 is 19.3 Å². The lowest BCUT2D eigenvalue weighted by Crippen LogP contribution is -2.72. The number of rotatable bonds is 8. The van der Waals surface area contributed by atoms with E-state index in [1.165, 1.54) is 12.2 Å². The van der Waals surface area contributed by atoms with Crippen molar-refractivity contribution in [2.75, 3.05) is 39.4 Å². The molecular weight excluding hydrogens is 456 g/mol. The molecule has 0 radical (unpaired) electrons. The van der Waals surface area contributed by atoms with Crippen LogP contribution in [0.15, 0.2) is 86.0 Å². The highest BCUT2D eigenvalue weighted by molar-refractivity contribution is 5.95. The minimum absolute atomic E-state index is 0.0725. The number of likely N-dealkylation sites (tertiary alicyclic amines) is 2. The van der Waals surface area contributed by atoms with Crippen LogP contribution < -0.4 is 0 Å². The molecule has 0 spiro atoms. The van der Waals surface area contributed by atoms with Gasteiger partial charge in [-0.05, 0) is 24.0 Å². The van der Waals surface area contributed by atoms with Gasteiger partial charge in [-0.1, -0.05) is 86.0 Å². The Hall–Kier alpha value is -3.87. The number of Topliss-reactive ketones (excluding diaryl/α,β-unsaturated/α-hetero) is 1. The highest BCUT2D eigenvalue weighted by atomic mass is 16.6. The predicted molar refractivity (Wildman–Crippen MR) is 136 cm³/mol. The molecule has 2 aromatic carbocycles.